The first-order chi connectivity index (χ1) is 8.15. The number of nitrogens with one attached hydrogen (secondary N) is 1. The van der Waals surface area contributed by atoms with Gasteiger partial charge in [-0.15, -0.1) is 0 Å². The van der Waals surface area contributed by atoms with Gasteiger partial charge in [0.2, 0.25) is 5.28 Å². The van der Waals surface area contributed by atoms with Gasteiger partial charge in [0, 0.05) is 11.3 Å². The molecule has 17 heavy (non-hydrogen) atoms. The Bertz CT molecular complexity index is 537. The number of aromatic nitrogens is 2. The lowest BCUT2D eigenvalue weighted by molar-refractivity contribution is 0.355. The molecule has 0 aliphatic carbocycles. The first kappa shape index (κ1) is 11.8. The van der Waals surface area contributed by atoms with E-state index in [0.29, 0.717) is 16.8 Å². The van der Waals surface area contributed by atoms with E-state index in [2.05, 4.69) is 9.97 Å². The summed E-state index contributed by atoms with van der Waals surface area (Å²) in [7, 11) is 3.21. The highest BCUT2D eigenvalue weighted by Crippen LogP contribution is 2.32. The molecule has 2 aromatic rings. The van der Waals surface area contributed by atoms with E-state index in [1.165, 1.54) is 0 Å². The first-order valence-electron chi connectivity index (χ1n) is 5.10. The van der Waals surface area contributed by atoms with Gasteiger partial charge in [-0.25, -0.2) is 4.98 Å². The lowest BCUT2D eigenvalue weighted by Gasteiger charge is -2.08. The first-order valence-corrected chi connectivity index (χ1v) is 5.48. The molecule has 0 bridgehead atoms. The minimum atomic E-state index is 0.382. The van der Waals surface area contributed by atoms with Crippen LogP contribution in [0.25, 0.3) is 11.3 Å². The van der Waals surface area contributed by atoms with Crippen LogP contribution in [-0.4, -0.2) is 24.2 Å². The summed E-state index contributed by atoms with van der Waals surface area (Å²) in [5.41, 5.74) is 2.67. The number of benzene rings is 1. The van der Waals surface area contributed by atoms with Crippen molar-refractivity contribution in [2.75, 3.05) is 14.2 Å². The topological polar surface area (TPSA) is 47.1 Å². The lowest BCUT2D eigenvalue weighted by Crippen LogP contribution is -1.91. The Morgan fingerprint density at radius 3 is 2.41 bits per heavy atom. The molecule has 0 spiro atoms. The largest absolute Gasteiger partial charge is 0.493 e. The number of aromatic amines is 1. The van der Waals surface area contributed by atoms with Gasteiger partial charge in [0.25, 0.3) is 0 Å². The van der Waals surface area contributed by atoms with Gasteiger partial charge in [-0.3, -0.25) is 0 Å². The molecule has 1 aromatic carbocycles. The molecule has 1 heterocycles. The zero-order valence-electron chi connectivity index (χ0n) is 9.87. The fourth-order valence-electron chi connectivity index (χ4n) is 1.69. The normalized spacial score (nSPS) is 10.4. The number of aryl methyl sites for hydroxylation is 1. The Kier molecular flexibility index (Phi) is 3.24. The van der Waals surface area contributed by atoms with Gasteiger partial charge in [0.1, 0.15) is 0 Å². The fraction of sp³-hybridized carbons (Fsp3) is 0.250. The molecule has 0 radical (unpaired) electrons. The van der Waals surface area contributed by atoms with Crippen molar-refractivity contribution < 1.29 is 9.47 Å². The van der Waals surface area contributed by atoms with Crippen molar-refractivity contribution in [3.8, 4) is 22.8 Å². The van der Waals surface area contributed by atoms with Crippen molar-refractivity contribution in [1.29, 1.82) is 0 Å². The molecule has 1 N–H and O–H groups in total. The van der Waals surface area contributed by atoms with Crippen LogP contribution >= 0.6 is 11.6 Å². The van der Waals surface area contributed by atoms with Gasteiger partial charge in [-0.1, -0.05) is 0 Å². The van der Waals surface area contributed by atoms with Crippen molar-refractivity contribution in [1.82, 2.24) is 9.97 Å². The average molecular weight is 253 g/mol. The van der Waals surface area contributed by atoms with Crippen molar-refractivity contribution in [3.63, 3.8) is 0 Å². The van der Waals surface area contributed by atoms with E-state index < -0.39 is 0 Å². The van der Waals surface area contributed by atoms with E-state index in [1.54, 1.807) is 14.2 Å². The minimum absolute atomic E-state index is 0.382. The highest BCUT2D eigenvalue weighted by atomic mass is 35.5. The van der Waals surface area contributed by atoms with Gasteiger partial charge < -0.3 is 14.5 Å². The van der Waals surface area contributed by atoms with Crippen molar-refractivity contribution in [3.05, 3.63) is 29.2 Å². The maximum atomic E-state index is 5.83. The molecule has 5 heteroatoms. The zero-order valence-corrected chi connectivity index (χ0v) is 10.6. The van der Waals surface area contributed by atoms with Gasteiger partial charge in [0.15, 0.2) is 11.5 Å². The summed E-state index contributed by atoms with van der Waals surface area (Å²) in [6.07, 6.45) is 0. The second-order valence-corrected chi connectivity index (χ2v) is 3.93. The summed E-state index contributed by atoms with van der Waals surface area (Å²) in [6.45, 7) is 1.92. The van der Waals surface area contributed by atoms with E-state index in [4.69, 9.17) is 21.1 Å². The molecule has 2 rings (SSSR count). The van der Waals surface area contributed by atoms with Crippen LogP contribution in [0, 0.1) is 6.92 Å². The van der Waals surface area contributed by atoms with Crippen LogP contribution in [0.2, 0.25) is 5.28 Å². The SMILES string of the molecule is COc1ccc(-c2nc(Cl)[nH]c2C)cc1OC. The summed E-state index contributed by atoms with van der Waals surface area (Å²) in [6, 6.07) is 5.63. The van der Waals surface area contributed by atoms with Crippen molar-refractivity contribution >= 4 is 11.6 Å². The molecule has 0 saturated heterocycles. The second kappa shape index (κ2) is 4.67. The molecule has 0 saturated carbocycles. The van der Waals surface area contributed by atoms with Crippen LogP contribution in [0.3, 0.4) is 0 Å². The van der Waals surface area contributed by atoms with E-state index in [1.807, 2.05) is 25.1 Å². The number of ether oxygens (including phenoxy) is 2. The summed E-state index contributed by atoms with van der Waals surface area (Å²) < 4.78 is 10.4. The van der Waals surface area contributed by atoms with Gasteiger partial charge in [-0.2, -0.15) is 0 Å². The molecule has 0 fully saturated rings. The van der Waals surface area contributed by atoms with E-state index >= 15 is 0 Å². The minimum Gasteiger partial charge on any atom is -0.493 e. The molecular weight excluding hydrogens is 240 g/mol. The molecule has 0 aliphatic heterocycles. The van der Waals surface area contributed by atoms with Crippen molar-refractivity contribution in [2.24, 2.45) is 0 Å². The summed E-state index contributed by atoms with van der Waals surface area (Å²) in [5.74, 6) is 1.36. The average Bonchev–Trinajstić information content (AvgIpc) is 2.67. The quantitative estimate of drug-likeness (QED) is 0.913. The summed E-state index contributed by atoms with van der Waals surface area (Å²) >= 11 is 5.83. The standard InChI is InChI=1S/C12H13ClN2O2/c1-7-11(15-12(13)14-7)8-4-5-9(16-2)10(6-8)17-3/h4-6H,1-3H3,(H,14,15). The summed E-state index contributed by atoms with van der Waals surface area (Å²) in [4.78, 5) is 7.18. The Morgan fingerprint density at radius 2 is 1.88 bits per heavy atom. The number of imidazole rings is 1. The predicted molar refractivity (Wildman–Crippen MR) is 66.9 cm³/mol. The van der Waals surface area contributed by atoms with Crippen molar-refractivity contribution in [2.45, 2.75) is 6.92 Å². The van der Waals surface area contributed by atoms with E-state index in [9.17, 15) is 0 Å². The summed E-state index contributed by atoms with van der Waals surface area (Å²) in [5, 5.41) is 0.382. The van der Waals surface area contributed by atoms with Crippen LogP contribution in [-0.2, 0) is 0 Å². The van der Waals surface area contributed by atoms with E-state index in [0.717, 1.165) is 17.0 Å². The number of hydrogen-bond acceptors (Lipinski definition) is 3. The zero-order chi connectivity index (χ0) is 12.4. The molecule has 0 atom stereocenters. The van der Waals surface area contributed by atoms with Crippen LogP contribution in [0.5, 0.6) is 11.5 Å². The fourth-order valence-corrected chi connectivity index (χ4v) is 1.91. The number of hydrogen-bond donors (Lipinski definition) is 1. The Labute approximate surface area is 105 Å². The number of H-pyrrole nitrogens is 1. The van der Waals surface area contributed by atoms with Crippen LogP contribution < -0.4 is 9.47 Å². The molecule has 0 amide bonds. The number of halogens is 1. The van der Waals surface area contributed by atoms with E-state index in [-0.39, 0.29) is 0 Å². The molecule has 1 aromatic heterocycles. The van der Waals surface area contributed by atoms with Gasteiger partial charge in [0.05, 0.1) is 19.9 Å². The number of nitrogens with zero attached hydrogens (tertiary/aromatic N) is 1. The predicted octanol–water partition coefficient (Wildman–Crippen LogP) is 3.06. The Hall–Kier alpha value is -1.68. The smallest absolute Gasteiger partial charge is 0.200 e. The van der Waals surface area contributed by atoms with Crippen LogP contribution in [0.15, 0.2) is 18.2 Å². The molecule has 4 nitrogen and oxygen atoms in total. The molecule has 90 valence electrons. The Balaban J connectivity index is 2.50. The number of methoxy groups -OCH3 is 2. The molecular formula is C12H13ClN2O2. The number of rotatable bonds is 3. The maximum absolute atomic E-state index is 5.83. The van der Waals surface area contributed by atoms with Crippen LogP contribution in [0.4, 0.5) is 0 Å². The Morgan fingerprint density at radius 1 is 1.18 bits per heavy atom. The second-order valence-electron chi connectivity index (χ2n) is 3.57. The van der Waals surface area contributed by atoms with Gasteiger partial charge in [-0.05, 0) is 36.7 Å². The molecule has 0 aliphatic rings. The van der Waals surface area contributed by atoms with Crippen LogP contribution in [0.1, 0.15) is 5.69 Å². The maximum Gasteiger partial charge on any atom is 0.200 e. The van der Waals surface area contributed by atoms with Gasteiger partial charge >= 0.3 is 0 Å². The third-order valence-corrected chi connectivity index (χ3v) is 2.69. The monoisotopic (exact) mass is 252 g/mol. The highest BCUT2D eigenvalue weighted by molar-refractivity contribution is 6.28. The highest BCUT2D eigenvalue weighted by Gasteiger charge is 2.11. The lowest BCUT2D eigenvalue weighted by atomic mass is 10.1. The molecule has 0 unspecified atom stereocenters. The third-order valence-electron chi connectivity index (χ3n) is 2.51. The third kappa shape index (κ3) is 2.22.